The molecule has 1 saturated carbocycles. The van der Waals surface area contributed by atoms with E-state index in [2.05, 4.69) is 12.6 Å². The van der Waals surface area contributed by atoms with Gasteiger partial charge in [-0.3, -0.25) is 4.79 Å². The van der Waals surface area contributed by atoms with Crippen molar-refractivity contribution in [1.82, 2.24) is 0 Å². The van der Waals surface area contributed by atoms with Crippen molar-refractivity contribution in [2.45, 2.75) is 31.4 Å². The fraction of sp³-hybridized carbons (Fsp3) is 0.857. The molecule has 0 aromatic heterocycles. The second-order valence-electron chi connectivity index (χ2n) is 2.78. The number of thiol groups is 1. The topological polar surface area (TPSA) is 52.3 Å². The van der Waals surface area contributed by atoms with E-state index < -0.39 is 6.04 Å². The summed E-state index contributed by atoms with van der Waals surface area (Å²) < 4.78 is 5.03. The molecular weight excluding hydrogens is 162 g/mol. The highest BCUT2D eigenvalue weighted by atomic mass is 32.1. The van der Waals surface area contributed by atoms with Gasteiger partial charge in [-0.1, -0.05) is 0 Å². The summed E-state index contributed by atoms with van der Waals surface area (Å²) in [5, 5.41) is 0. The Morgan fingerprint density at radius 2 is 2.36 bits per heavy atom. The fourth-order valence-electron chi connectivity index (χ4n) is 0.815. The normalized spacial score (nSPS) is 20.5. The Kier molecular flexibility index (Phi) is 3.20. The minimum Gasteiger partial charge on any atom is -0.461 e. The summed E-state index contributed by atoms with van der Waals surface area (Å²) in [6.07, 6.45) is 3.28. The van der Waals surface area contributed by atoms with Crippen LogP contribution in [0.4, 0.5) is 0 Å². The van der Waals surface area contributed by atoms with E-state index in [4.69, 9.17) is 10.5 Å². The minimum absolute atomic E-state index is 0.133. The van der Waals surface area contributed by atoms with Gasteiger partial charge < -0.3 is 10.5 Å². The molecular formula is C7H13NO2S. The van der Waals surface area contributed by atoms with E-state index in [9.17, 15) is 4.79 Å². The van der Waals surface area contributed by atoms with Crippen LogP contribution in [0.1, 0.15) is 19.3 Å². The Hall–Kier alpha value is -0.220. The zero-order valence-electron chi connectivity index (χ0n) is 6.32. The van der Waals surface area contributed by atoms with Crippen molar-refractivity contribution in [2.24, 2.45) is 5.73 Å². The lowest BCUT2D eigenvalue weighted by Crippen LogP contribution is -2.38. The molecule has 1 atom stereocenters. The van der Waals surface area contributed by atoms with Gasteiger partial charge in [0.2, 0.25) is 0 Å². The van der Waals surface area contributed by atoms with Gasteiger partial charge in [0.05, 0.1) is 0 Å². The molecule has 0 radical (unpaired) electrons. The molecule has 11 heavy (non-hydrogen) atoms. The van der Waals surface area contributed by atoms with Crippen LogP contribution in [0, 0.1) is 0 Å². The van der Waals surface area contributed by atoms with Crippen molar-refractivity contribution >= 4 is 18.6 Å². The number of hydrogen-bond donors (Lipinski definition) is 2. The van der Waals surface area contributed by atoms with E-state index in [-0.39, 0.29) is 12.1 Å². The van der Waals surface area contributed by atoms with Gasteiger partial charge in [-0.15, -0.1) is 0 Å². The lowest BCUT2D eigenvalue weighted by atomic mass is 9.96. The Labute approximate surface area is 71.7 Å². The second kappa shape index (κ2) is 3.97. The molecule has 0 aliphatic heterocycles. The number of hydrogen-bond acceptors (Lipinski definition) is 4. The number of carbonyl (C=O) groups excluding carboxylic acids is 1. The van der Waals surface area contributed by atoms with Crippen LogP contribution in [0.15, 0.2) is 0 Å². The zero-order chi connectivity index (χ0) is 8.27. The van der Waals surface area contributed by atoms with Crippen LogP contribution in [0.25, 0.3) is 0 Å². The average molecular weight is 175 g/mol. The fourth-order valence-corrected chi connectivity index (χ4v) is 0.964. The van der Waals surface area contributed by atoms with Crippen molar-refractivity contribution in [3.8, 4) is 0 Å². The molecule has 0 amide bonds. The lowest BCUT2D eigenvalue weighted by molar-refractivity contribution is -0.153. The maximum Gasteiger partial charge on any atom is 0.324 e. The summed E-state index contributed by atoms with van der Waals surface area (Å²) in [4.78, 5) is 11.0. The average Bonchev–Trinajstić information content (AvgIpc) is 1.94. The highest BCUT2D eigenvalue weighted by molar-refractivity contribution is 7.80. The Morgan fingerprint density at radius 1 is 1.73 bits per heavy atom. The second-order valence-corrected chi connectivity index (χ2v) is 3.14. The molecule has 4 heteroatoms. The molecule has 2 N–H and O–H groups in total. The molecule has 1 aliphatic rings. The SMILES string of the molecule is NC(CS)C(=O)OC1CCC1. The van der Waals surface area contributed by atoms with E-state index in [1.54, 1.807) is 0 Å². The smallest absolute Gasteiger partial charge is 0.324 e. The van der Waals surface area contributed by atoms with Crippen molar-refractivity contribution < 1.29 is 9.53 Å². The third-order valence-corrected chi connectivity index (χ3v) is 2.23. The Morgan fingerprint density at radius 3 is 2.73 bits per heavy atom. The van der Waals surface area contributed by atoms with Gasteiger partial charge in [0.15, 0.2) is 0 Å². The first-order valence-corrected chi connectivity index (χ1v) is 4.44. The van der Waals surface area contributed by atoms with Gasteiger partial charge in [0.25, 0.3) is 0 Å². The monoisotopic (exact) mass is 175 g/mol. The number of carbonyl (C=O) groups is 1. The van der Waals surface area contributed by atoms with Gasteiger partial charge in [0.1, 0.15) is 12.1 Å². The molecule has 0 saturated heterocycles. The van der Waals surface area contributed by atoms with Crippen LogP contribution in [0.3, 0.4) is 0 Å². The van der Waals surface area contributed by atoms with Crippen molar-refractivity contribution in [3.05, 3.63) is 0 Å². The molecule has 0 aromatic carbocycles. The molecule has 1 unspecified atom stereocenters. The number of nitrogens with two attached hydrogens (primary N) is 1. The molecule has 1 fully saturated rings. The van der Waals surface area contributed by atoms with Crippen LogP contribution < -0.4 is 5.73 Å². The summed E-state index contributed by atoms with van der Waals surface area (Å²) in [6, 6.07) is -0.557. The maximum absolute atomic E-state index is 11.0. The molecule has 0 bridgehead atoms. The first-order chi connectivity index (χ1) is 5.24. The van der Waals surface area contributed by atoms with E-state index >= 15 is 0 Å². The van der Waals surface area contributed by atoms with Crippen LogP contribution in [0.5, 0.6) is 0 Å². The number of esters is 1. The maximum atomic E-state index is 11.0. The van der Waals surface area contributed by atoms with Gasteiger partial charge in [0, 0.05) is 5.75 Å². The number of ether oxygens (including phenoxy) is 1. The summed E-state index contributed by atoms with van der Waals surface area (Å²) in [5.74, 6) is 0.0376. The first-order valence-electron chi connectivity index (χ1n) is 3.81. The minimum atomic E-state index is -0.557. The summed E-state index contributed by atoms with van der Waals surface area (Å²) >= 11 is 3.90. The predicted octanol–water partition coefficient (Wildman–Crippen LogP) is 0.339. The number of rotatable bonds is 3. The zero-order valence-corrected chi connectivity index (χ0v) is 7.22. The van der Waals surface area contributed by atoms with Gasteiger partial charge >= 0.3 is 5.97 Å². The summed E-state index contributed by atoms with van der Waals surface area (Å²) in [6.45, 7) is 0. The lowest BCUT2D eigenvalue weighted by Gasteiger charge is -2.26. The van der Waals surface area contributed by atoms with E-state index in [0.717, 1.165) is 19.3 Å². The molecule has 1 aliphatic carbocycles. The third kappa shape index (κ3) is 2.38. The van der Waals surface area contributed by atoms with Crippen LogP contribution >= 0.6 is 12.6 Å². The molecule has 3 nitrogen and oxygen atoms in total. The quantitative estimate of drug-likeness (QED) is 0.480. The Balaban J connectivity index is 2.19. The van der Waals surface area contributed by atoms with Crippen LogP contribution in [0.2, 0.25) is 0 Å². The van der Waals surface area contributed by atoms with E-state index in [1.807, 2.05) is 0 Å². The summed E-state index contributed by atoms with van der Waals surface area (Å²) in [5.41, 5.74) is 5.39. The van der Waals surface area contributed by atoms with Crippen molar-refractivity contribution in [2.75, 3.05) is 5.75 Å². The van der Waals surface area contributed by atoms with Crippen LogP contribution in [-0.2, 0) is 9.53 Å². The summed E-state index contributed by atoms with van der Waals surface area (Å²) in [7, 11) is 0. The molecule has 1 rings (SSSR count). The van der Waals surface area contributed by atoms with Crippen LogP contribution in [-0.4, -0.2) is 23.9 Å². The molecule has 0 spiro atoms. The van der Waals surface area contributed by atoms with E-state index in [0.29, 0.717) is 5.75 Å². The highest BCUT2D eigenvalue weighted by Crippen LogP contribution is 2.22. The van der Waals surface area contributed by atoms with Gasteiger partial charge in [-0.2, -0.15) is 12.6 Å². The van der Waals surface area contributed by atoms with Gasteiger partial charge in [-0.25, -0.2) is 0 Å². The molecule has 64 valence electrons. The standard InChI is InChI=1S/C7H13NO2S/c8-6(4-11)7(9)10-5-2-1-3-5/h5-6,11H,1-4,8H2. The van der Waals surface area contributed by atoms with E-state index in [1.165, 1.54) is 0 Å². The van der Waals surface area contributed by atoms with Crippen molar-refractivity contribution in [1.29, 1.82) is 0 Å². The molecule has 0 heterocycles. The van der Waals surface area contributed by atoms with Crippen molar-refractivity contribution in [3.63, 3.8) is 0 Å². The largest absolute Gasteiger partial charge is 0.461 e. The highest BCUT2D eigenvalue weighted by Gasteiger charge is 2.23. The van der Waals surface area contributed by atoms with Gasteiger partial charge in [-0.05, 0) is 19.3 Å². The first kappa shape index (κ1) is 8.87. The predicted molar refractivity (Wildman–Crippen MR) is 45.6 cm³/mol. The third-order valence-electron chi connectivity index (χ3n) is 1.83. The Bertz CT molecular complexity index is 147. The molecule has 0 aromatic rings.